The van der Waals surface area contributed by atoms with E-state index in [2.05, 4.69) is 16.4 Å². The summed E-state index contributed by atoms with van der Waals surface area (Å²) in [5, 5.41) is 5.17. The van der Waals surface area contributed by atoms with Gasteiger partial charge in [0, 0.05) is 23.3 Å². The molecule has 17 heavy (non-hydrogen) atoms. The van der Waals surface area contributed by atoms with Crippen LogP contribution in [-0.4, -0.2) is 31.0 Å². The van der Waals surface area contributed by atoms with Crippen molar-refractivity contribution >= 4 is 11.5 Å². The zero-order chi connectivity index (χ0) is 14.8. The van der Waals surface area contributed by atoms with Gasteiger partial charge in [-0.3, -0.25) is 4.79 Å². The van der Waals surface area contributed by atoms with Gasteiger partial charge in [-0.25, -0.2) is 4.98 Å². The van der Waals surface area contributed by atoms with Crippen LogP contribution in [0, 0.1) is 6.92 Å². The summed E-state index contributed by atoms with van der Waals surface area (Å²) < 4.78 is 21.1. The fourth-order valence-electron chi connectivity index (χ4n) is 1.96. The molecule has 0 spiro atoms. The highest BCUT2D eigenvalue weighted by molar-refractivity contribution is 5.92. The average molecular weight is 234 g/mol. The topological polar surface area (TPSA) is 54.0 Å². The van der Waals surface area contributed by atoms with Crippen molar-refractivity contribution in [1.82, 2.24) is 15.6 Å². The highest BCUT2D eigenvalue weighted by Crippen LogP contribution is 2.22. The molecule has 1 amide bonds. The van der Waals surface area contributed by atoms with Crippen LogP contribution in [0.2, 0.25) is 0 Å². The molecule has 0 saturated heterocycles. The van der Waals surface area contributed by atoms with E-state index in [9.17, 15) is 4.79 Å². The van der Waals surface area contributed by atoms with Gasteiger partial charge >= 0.3 is 0 Å². The Morgan fingerprint density at radius 2 is 2.47 bits per heavy atom. The number of amides is 1. The van der Waals surface area contributed by atoms with Crippen LogP contribution in [0.5, 0.6) is 0 Å². The Morgan fingerprint density at radius 3 is 3.12 bits per heavy atom. The molecule has 1 aromatic heterocycles. The highest BCUT2D eigenvalue weighted by Gasteiger charge is 2.11. The molecule has 0 fully saturated rings. The monoisotopic (exact) mass is 234 g/mol. The molecule has 0 saturated carbocycles. The summed E-state index contributed by atoms with van der Waals surface area (Å²) in [5.41, 5.74) is 3.07. The summed E-state index contributed by atoms with van der Waals surface area (Å²) >= 11 is 0. The third kappa shape index (κ3) is 2.53. The number of rotatable bonds is 2. The molecule has 0 radical (unpaired) electrons. The van der Waals surface area contributed by atoms with Crippen molar-refractivity contribution in [2.45, 2.75) is 13.3 Å². The second-order valence-electron chi connectivity index (χ2n) is 3.97. The van der Waals surface area contributed by atoms with Crippen molar-refractivity contribution in [3.8, 4) is 0 Å². The summed E-state index contributed by atoms with van der Waals surface area (Å²) in [6.07, 6.45) is 3.03. The first-order valence-electron chi connectivity index (χ1n) is 7.07. The highest BCUT2D eigenvalue weighted by atomic mass is 16.1. The van der Waals surface area contributed by atoms with Crippen LogP contribution in [0.15, 0.2) is 18.2 Å². The van der Waals surface area contributed by atoms with E-state index in [-0.39, 0.29) is 5.69 Å². The number of hydrogen-bond donors (Lipinski definition) is 2. The van der Waals surface area contributed by atoms with E-state index < -0.39 is 12.9 Å². The maximum absolute atomic E-state index is 11.7. The standard InChI is InChI=1S/C13H17N3O/c1-9-11(10-5-7-15-8-6-10)3-4-12(16-9)13(17)14-2/h3-5,15H,6-8H2,1-2H3,(H,14,17)/i2D3. The number of aryl methyl sites for hydroxylation is 1. The summed E-state index contributed by atoms with van der Waals surface area (Å²) in [6.45, 7) is 1.08. The van der Waals surface area contributed by atoms with Gasteiger partial charge in [-0.2, -0.15) is 0 Å². The number of hydrogen-bond acceptors (Lipinski definition) is 3. The van der Waals surface area contributed by atoms with Crippen LogP contribution in [0.1, 0.15) is 32.3 Å². The first-order chi connectivity index (χ1) is 9.37. The van der Waals surface area contributed by atoms with E-state index in [1.54, 1.807) is 6.07 Å². The molecule has 2 rings (SSSR count). The Kier molecular flexibility index (Phi) is 2.52. The Balaban J connectivity index is 2.21. The van der Waals surface area contributed by atoms with E-state index in [1.807, 2.05) is 18.3 Å². The minimum Gasteiger partial charge on any atom is -0.354 e. The van der Waals surface area contributed by atoms with Gasteiger partial charge in [0.15, 0.2) is 0 Å². The van der Waals surface area contributed by atoms with Crippen molar-refractivity contribution < 1.29 is 8.91 Å². The lowest BCUT2D eigenvalue weighted by Gasteiger charge is -2.16. The average Bonchev–Trinajstić information content (AvgIpc) is 2.37. The fourth-order valence-corrected chi connectivity index (χ4v) is 1.96. The molecule has 4 heteroatoms. The Bertz CT molecular complexity index is 552. The van der Waals surface area contributed by atoms with Gasteiger partial charge < -0.3 is 10.6 Å². The number of carbonyl (C=O) groups excluding carboxylic acids is 1. The molecule has 2 heterocycles. The number of pyridine rings is 1. The predicted octanol–water partition coefficient (Wildman–Crippen LogP) is 1.13. The molecule has 0 aromatic carbocycles. The van der Waals surface area contributed by atoms with Gasteiger partial charge in [-0.1, -0.05) is 12.1 Å². The van der Waals surface area contributed by atoms with E-state index in [1.165, 1.54) is 5.57 Å². The minimum absolute atomic E-state index is 0.122. The Morgan fingerprint density at radius 1 is 1.59 bits per heavy atom. The number of aromatic nitrogens is 1. The normalized spacial score (nSPS) is 18.6. The second kappa shape index (κ2) is 5.10. The smallest absolute Gasteiger partial charge is 0.269 e. The molecule has 90 valence electrons. The van der Waals surface area contributed by atoms with Crippen molar-refractivity contribution in [1.29, 1.82) is 0 Å². The summed E-state index contributed by atoms with van der Waals surface area (Å²) in [5.74, 6) is -0.682. The Hall–Kier alpha value is -1.68. The molecule has 0 bridgehead atoms. The van der Waals surface area contributed by atoms with Crippen LogP contribution in [-0.2, 0) is 0 Å². The van der Waals surface area contributed by atoms with Crippen LogP contribution in [0.4, 0.5) is 0 Å². The van der Waals surface area contributed by atoms with Gasteiger partial charge in [-0.15, -0.1) is 0 Å². The number of nitrogens with zero attached hydrogens (tertiary/aromatic N) is 1. The van der Waals surface area contributed by atoms with Gasteiger partial charge in [-0.05, 0) is 37.1 Å². The van der Waals surface area contributed by atoms with E-state index in [0.717, 1.165) is 30.8 Å². The maximum atomic E-state index is 11.7. The lowest BCUT2D eigenvalue weighted by molar-refractivity contribution is 0.0958. The van der Waals surface area contributed by atoms with Gasteiger partial charge in [0.1, 0.15) is 5.69 Å². The lowest BCUT2D eigenvalue weighted by Crippen LogP contribution is -2.21. The zero-order valence-electron chi connectivity index (χ0n) is 12.7. The molecule has 2 N–H and O–H groups in total. The molecule has 4 nitrogen and oxygen atoms in total. The van der Waals surface area contributed by atoms with Crippen molar-refractivity contribution in [3.63, 3.8) is 0 Å². The predicted molar refractivity (Wildman–Crippen MR) is 67.8 cm³/mol. The first kappa shape index (κ1) is 8.42. The molecular weight excluding hydrogens is 214 g/mol. The zero-order valence-corrected chi connectivity index (χ0v) is 9.71. The third-order valence-corrected chi connectivity index (χ3v) is 2.84. The molecule has 0 unspecified atom stereocenters. The third-order valence-electron chi connectivity index (χ3n) is 2.84. The largest absolute Gasteiger partial charge is 0.354 e. The van der Waals surface area contributed by atoms with Crippen LogP contribution in [0.3, 0.4) is 0 Å². The quantitative estimate of drug-likeness (QED) is 0.806. The summed E-state index contributed by atoms with van der Waals surface area (Å²) in [6, 6.07) is 3.39. The molecular formula is C13H17N3O. The van der Waals surface area contributed by atoms with Gasteiger partial charge in [0.25, 0.3) is 5.91 Å². The van der Waals surface area contributed by atoms with Gasteiger partial charge in [0.05, 0.1) is 0 Å². The maximum Gasteiger partial charge on any atom is 0.269 e. The Labute approximate surface area is 105 Å². The van der Waals surface area contributed by atoms with E-state index in [4.69, 9.17) is 4.11 Å². The van der Waals surface area contributed by atoms with Crippen LogP contribution in [0.25, 0.3) is 5.57 Å². The first-order valence-corrected chi connectivity index (χ1v) is 5.57. The van der Waals surface area contributed by atoms with Gasteiger partial charge in [0.2, 0.25) is 0 Å². The molecule has 1 aliphatic rings. The van der Waals surface area contributed by atoms with Crippen molar-refractivity contribution in [2.75, 3.05) is 20.1 Å². The lowest BCUT2D eigenvalue weighted by atomic mass is 9.99. The van der Waals surface area contributed by atoms with E-state index >= 15 is 0 Å². The molecule has 0 atom stereocenters. The van der Waals surface area contributed by atoms with Crippen molar-refractivity contribution in [3.05, 3.63) is 35.2 Å². The number of carbonyl (C=O) groups is 1. The number of nitrogens with one attached hydrogen (secondary N) is 2. The second-order valence-corrected chi connectivity index (χ2v) is 3.97. The summed E-state index contributed by atoms with van der Waals surface area (Å²) in [4.78, 5) is 16.0. The SMILES string of the molecule is [2H]C([2H])([2H])NC(=O)c1ccc(C2=CCNCC2)c(C)n1. The van der Waals surface area contributed by atoms with Crippen LogP contribution >= 0.6 is 0 Å². The van der Waals surface area contributed by atoms with Crippen LogP contribution < -0.4 is 10.6 Å². The molecule has 1 aromatic rings. The fraction of sp³-hybridized carbons (Fsp3) is 0.385. The summed E-state index contributed by atoms with van der Waals surface area (Å²) in [7, 11) is 0. The molecule has 1 aliphatic heterocycles. The van der Waals surface area contributed by atoms with E-state index in [0.29, 0.717) is 0 Å². The minimum atomic E-state index is -2.50. The van der Waals surface area contributed by atoms with Crippen molar-refractivity contribution in [2.24, 2.45) is 0 Å². The molecule has 0 aliphatic carbocycles.